The highest BCUT2D eigenvalue weighted by Gasteiger charge is 2.18. The average Bonchev–Trinajstić information content (AvgIpc) is 2.64. The molecule has 0 atom stereocenters. The standard InChI is InChI=1S/C13H13BrFNO3/c1-13(2,3)19-12(17)16-10-6-7-9(18-10)5-4-8(15)11(7)14/h4-6H,1-3H3,(H,16,17). The molecule has 1 heterocycles. The van der Waals surface area contributed by atoms with Gasteiger partial charge in [-0.15, -0.1) is 0 Å². The molecule has 4 nitrogen and oxygen atoms in total. The van der Waals surface area contributed by atoms with Gasteiger partial charge in [-0.25, -0.2) is 9.18 Å². The lowest BCUT2D eigenvalue weighted by atomic mass is 10.2. The Labute approximate surface area is 118 Å². The van der Waals surface area contributed by atoms with Crippen LogP contribution in [0.1, 0.15) is 20.8 Å². The molecule has 0 unspecified atom stereocenters. The minimum absolute atomic E-state index is 0.204. The van der Waals surface area contributed by atoms with Crippen molar-refractivity contribution in [3.05, 3.63) is 28.5 Å². The third-order valence-corrected chi connectivity index (χ3v) is 3.02. The Balaban J connectivity index is 2.23. The SMILES string of the molecule is CC(C)(C)OC(=O)Nc1cc2c(Br)c(F)ccc2o1. The van der Waals surface area contributed by atoms with E-state index >= 15 is 0 Å². The van der Waals surface area contributed by atoms with Crippen LogP contribution in [0.25, 0.3) is 11.0 Å². The molecule has 102 valence electrons. The van der Waals surface area contributed by atoms with E-state index in [4.69, 9.17) is 9.15 Å². The van der Waals surface area contributed by atoms with E-state index in [1.165, 1.54) is 18.2 Å². The second kappa shape index (κ2) is 4.85. The van der Waals surface area contributed by atoms with Crippen LogP contribution in [0.2, 0.25) is 0 Å². The summed E-state index contributed by atoms with van der Waals surface area (Å²) in [6.07, 6.45) is -0.622. The zero-order chi connectivity index (χ0) is 14.2. The lowest BCUT2D eigenvalue weighted by Crippen LogP contribution is -2.27. The Morgan fingerprint density at radius 1 is 1.42 bits per heavy atom. The van der Waals surface area contributed by atoms with Crippen LogP contribution in [-0.2, 0) is 4.74 Å². The highest BCUT2D eigenvalue weighted by molar-refractivity contribution is 9.10. The average molecular weight is 330 g/mol. The molecule has 0 radical (unpaired) electrons. The number of carbonyl (C=O) groups is 1. The van der Waals surface area contributed by atoms with Gasteiger partial charge in [-0.2, -0.15) is 0 Å². The lowest BCUT2D eigenvalue weighted by Gasteiger charge is -2.18. The fraction of sp³-hybridized carbons (Fsp3) is 0.308. The molecule has 2 aromatic rings. The third kappa shape index (κ3) is 3.26. The van der Waals surface area contributed by atoms with Crippen molar-refractivity contribution in [2.24, 2.45) is 0 Å². The topological polar surface area (TPSA) is 51.5 Å². The van der Waals surface area contributed by atoms with Crippen LogP contribution in [0.4, 0.5) is 15.1 Å². The highest BCUT2D eigenvalue weighted by atomic mass is 79.9. The Bertz CT molecular complexity index is 631. The first-order valence-corrected chi connectivity index (χ1v) is 6.43. The number of hydrogen-bond donors (Lipinski definition) is 1. The summed E-state index contributed by atoms with van der Waals surface area (Å²) in [5.41, 5.74) is -0.123. The second-order valence-electron chi connectivity index (χ2n) is 5.01. The molecule has 0 fully saturated rings. The molecule has 1 N–H and O–H groups in total. The molecule has 19 heavy (non-hydrogen) atoms. The van der Waals surface area contributed by atoms with Crippen LogP contribution in [0.15, 0.2) is 27.1 Å². The van der Waals surface area contributed by atoms with Gasteiger partial charge in [0.05, 0.1) is 4.47 Å². The zero-order valence-electron chi connectivity index (χ0n) is 10.7. The number of ether oxygens (including phenoxy) is 1. The maximum Gasteiger partial charge on any atom is 0.414 e. The van der Waals surface area contributed by atoms with Crippen LogP contribution in [0.3, 0.4) is 0 Å². The van der Waals surface area contributed by atoms with Crippen molar-refractivity contribution in [1.29, 1.82) is 0 Å². The van der Waals surface area contributed by atoms with Gasteiger partial charge >= 0.3 is 6.09 Å². The van der Waals surface area contributed by atoms with Gasteiger partial charge in [-0.1, -0.05) is 0 Å². The van der Waals surface area contributed by atoms with Gasteiger partial charge in [-0.05, 0) is 48.8 Å². The van der Waals surface area contributed by atoms with E-state index in [1.807, 2.05) is 0 Å². The van der Waals surface area contributed by atoms with Gasteiger partial charge in [0.15, 0.2) is 0 Å². The minimum Gasteiger partial charge on any atom is -0.444 e. The van der Waals surface area contributed by atoms with Crippen LogP contribution < -0.4 is 5.32 Å². The number of fused-ring (bicyclic) bond motifs is 1. The summed E-state index contributed by atoms with van der Waals surface area (Å²) < 4.78 is 24.1. The normalized spacial score (nSPS) is 11.6. The van der Waals surface area contributed by atoms with Crippen molar-refractivity contribution in [2.75, 3.05) is 5.32 Å². The van der Waals surface area contributed by atoms with E-state index in [2.05, 4.69) is 21.2 Å². The Morgan fingerprint density at radius 2 is 2.11 bits per heavy atom. The first-order valence-electron chi connectivity index (χ1n) is 5.64. The van der Waals surface area contributed by atoms with Crippen LogP contribution in [-0.4, -0.2) is 11.7 Å². The predicted octanol–water partition coefficient (Wildman–Crippen LogP) is 4.68. The van der Waals surface area contributed by atoms with Crippen molar-refractivity contribution < 1.29 is 18.3 Å². The summed E-state index contributed by atoms with van der Waals surface area (Å²) in [6, 6.07) is 4.31. The monoisotopic (exact) mass is 329 g/mol. The van der Waals surface area contributed by atoms with Crippen molar-refractivity contribution in [3.8, 4) is 0 Å². The Hall–Kier alpha value is -1.56. The largest absolute Gasteiger partial charge is 0.444 e. The Kier molecular flexibility index (Phi) is 3.54. The molecule has 2 rings (SSSR count). The third-order valence-electron chi connectivity index (χ3n) is 2.21. The smallest absolute Gasteiger partial charge is 0.414 e. The zero-order valence-corrected chi connectivity index (χ0v) is 12.3. The van der Waals surface area contributed by atoms with Crippen molar-refractivity contribution >= 4 is 38.9 Å². The molecular formula is C13H13BrFNO3. The molecule has 0 saturated heterocycles. The van der Waals surface area contributed by atoms with Crippen molar-refractivity contribution in [1.82, 2.24) is 0 Å². The number of anilines is 1. The maximum absolute atomic E-state index is 13.3. The van der Waals surface area contributed by atoms with Gasteiger partial charge in [0.2, 0.25) is 5.88 Å². The number of rotatable bonds is 1. The molecule has 0 aliphatic heterocycles. The molecule has 0 bridgehead atoms. The van der Waals surface area contributed by atoms with Crippen molar-refractivity contribution in [3.63, 3.8) is 0 Å². The van der Waals surface area contributed by atoms with Gasteiger partial charge < -0.3 is 9.15 Å². The van der Waals surface area contributed by atoms with E-state index in [9.17, 15) is 9.18 Å². The lowest BCUT2D eigenvalue weighted by molar-refractivity contribution is 0.0633. The van der Waals surface area contributed by atoms with E-state index in [0.29, 0.717) is 15.4 Å². The first-order chi connectivity index (χ1) is 8.76. The molecule has 1 aromatic heterocycles. The number of carbonyl (C=O) groups excluding carboxylic acids is 1. The van der Waals surface area contributed by atoms with Crippen LogP contribution in [0, 0.1) is 5.82 Å². The van der Waals surface area contributed by atoms with Crippen molar-refractivity contribution in [2.45, 2.75) is 26.4 Å². The van der Waals surface area contributed by atoms with Gasteiger partial charge in [0, 0.05) is 11.5 Å². The second-order valence-corrected chi connectivity index (χ2v) is 5.80. The van der Waals surface area contributed by atoms with Gasteiger partial charge in [0.1, 0.15) is 17.0 Å². The molecule has 0 aliphatic carbocycles. The number of furan rings is 1. The van der Waals surface area contributed by atoms with E-state index in [-0.39, 0.29) is 5.88 Å². The molecule has 1 amide bonds. The summed E-state index contributed by atoms with van der Waals surface area (Å²) >= 11 is 3.13. The summed E-state index contributed by atoms with van der Waals surface area (Å²) in [5.74, 6) is -0.187. The molecular weight excluding hydrogens is 317 g/mol. The first kappa shape index (κ1) is 13.9. The molecule has 0 aliphatic rings. The van der Waals surface area contributed by atoms with Crippen LogP contribution >= 0.6 is 15.9 Å². The Morgan fingerprint density at radius 3 is 2.74 bits per heavy atom. The summed E-state index contributed by atoms with van der Waals surface area (Å²) in [7, 11) is 0. The quantitative estimate of drug-likeness (QED) is 0.826. The maximum atomic E-state index is 13.3. The number of amides is 1. The molecule has 0 spiro atoms. The summed E-state index contributed by atoms with van der Waals surface area (Å²) in [4.78, 5) is 11.6. The van der Waals surface area contributed by atoms with Gasteiger partial charge in [-0.3, -0.25) is 5.32 Å². The summed E-state index contributed by atoms with van der Waals surface area (Å²) in [6.45, 7) is 5.28. The van der Waals surface area contributed by atoms with Gasteiger partial charge in [0.25, 0.3) is 0 Å². The highest BCUT2D eigenvalue weighted by Crippen LogP contribution is 2.31. The van der Waals surface area contributed by atoms with Crippen LogP contribution in [0.5, 0.6) is 0 Å². The number of benzene rings is 1. The summed E-state index contributed by atoms with van der Waals surface area (Å²) in [5, 5.41) is 3.01. The fourth-order valence-corrected chi connectivity index (χ4v) is 1.96. The number of halogens is 2. The molecule has 6 heteroatoms. The van der Waals surface area contributed by atoms with E-state index in [0.717, 1.165) is 0 Å². The van der Waals surface area contributed by atoms with E-state index < -0.39 is 17.5 Å². The fourth-order valence-electron chi connectivity index (χ4n) is 1.52. The molecule has 1 aromatic carbocycles. The number of nitrogens with one attached hydrogen (secondary N) is 1. The van der Waals surface area contributed by atoms with E-state index in [1.54, 1.807) is 20.8 Å². The number of hydrogen-bond acceptors (Lipinski definition) is 3. The minimum atomic E-state index is -0.622. The predicted molar refractivity (Wildman–Crippen MR) is 73.7 cm³/mol. The molecule has 0 saturated carbocycles.